The third-order valence-corrected chi connectivity index (χ3v) is 2.09. The molecule has 0 aliphatic carbocycles. The van der Waals surface area contributed by atoms with Gasteiger partial charge < -0.3 is 14.9 Å². The van der Waals surface area contributed by atoms with E-state index in [1.54, 1.807) is 39.1 Å². The SMILES string of the molecule is CC(C)(C)OC(=O)c1oc2ncccc2c1N. The zero-order chi connectivity index (χ0) is 12.6. The molecule has 2 N–H and O–H groups in total. The molecule has 2 heterocycles. The van der Waals surface area contributed by atoms with Crippen LogP contribution >= 0.6 is 0 Å². The van der Waals surface area contributed by atoms with E-state index in [4.69, 9.17) is 14.9 Å². The number of ether oxygens (including phenoxy) is 1. The lowest BCUT2D eigenvalue weighted by Gasteiger charge is -2.18. The van der Waals surface area contributed by atoms with Crippen LogP contribution < -0.4 is 5.73 Å². The number of fused-ring (bicyclic) bond motifs is 1. The Hall–Kier alpha value is -2.04. The molecule has 0 fully saturated rings. The first-order valence-corrected chi connectivity index (χ1v) is 5.25. The van der Waals surface area contributed by atoms with Crippen LogP contribution in [0.15, 0.2) is 22.7 Å². The number of hydrogen-bond acceptors (Lipinski definition) is 5. The number of nitrogens with zero attached hydrogens (tertiary/aromatic N) is 1. The van der Waals surface area contributed by atoms with Crippen molar-refractivity contribution in [3.05, 3.63) is 24.1 Å². The summed E-state index contributed by atoms with van der Waals surface area (Å²) >= 11 is 0. The Morgan fingerprint density at radius 2 is 2.18 bits per heavy atom. The minimum absolute atomic E-state index is 0.00799. The standard InChI is InChI=1S/C12H14N2O3/c1-12(2,3)17-11(15)9-8(13)7-5-4-6-14-10(7)16-9/h4-6H,13H2,1-3H3. The molecule has 0 saturated carbocycles. The van der Waals surface area contributed by atoms with E-state index in [0.717, 1.165) is 0 Å². The number of hydrogen-bond donors (Lipinski definition) is 1. The highest BCUT2D eigenvalue weighted by Crippen LogP contribution is 2.27. The van der Waals surface area contributed by atoms with E-state index < -0.39 is 11.6 Å². The Labute approximate surface area is 98.6 Å². The fourth-order valence-corrected chi connectivity index (χ4v) is 1.43. The third kappa shape index (κ3) is 2.22. The van der Waals surface area contributed by atoms with Gasteiger partial charge in [-0.05, 0) is 32.9 Å². The van der Waals surface area contributed by atoms with Gasteiger partial charge in [-0.2, -0.15) is 0 Å². The molecule has 5 heteroatoms. The highest BCUT2D eigenvalue weighted by Gasteiger charge is 2.24. The first-order chi connectivity index (χ1) is 7.88. The second-order valence-electron chi connectivity index (χ2n) is 4.70. The van der Waals surface area contributed by atoms with Gasteiger partial charge in [-0.15, -0.1) is 0 Å². The van der Waals surface area contributed by atoms with Gasteiger partial charge in [0.2, 0.25) is 11.5 Å². The Morgan fingerprint density at radius 1 is 1.47 bits per heavy atom. The quantitative estimate of drug-likeness (QED) is 0.766. The summed E-state index contributed by atoms with van der Waals surface area (Å²) in [6.07, 6.45) is 1.57. The molecule has 0 amide bonds. The largest absolute Gasteiger partial charge is 0.454 e. The molecule has 2 aromatic rings. The van der Waals surface area contributed by atoms with Gasteiger partial charge in [0, 0.05) is 6.20 Å². The van der Waals surface area contributed by atoms with E-state index in [2.05, 4.69) is 4.98 Å². The van der Waals surface area contributed by atoms with Gasteiger partial charge in [-0.25, -0.2) is 9.78 Å². The third-order valence-electron chi connectivity index (χ3n) is 2.09. The number of esters is 1. The van der Waals surface area contributed by atoms with Crippen LogP contribution in [0.1, 0.15) is 31.3 Å². The first-order valence-electron chi connectivity index (χ1n) is 5.25. The number of rotatable bonds is 1. The summed E-state index contributed by atoms with van der Waals surface area (Å²) in [7, 11) is 0. The number of carbonyl (C=O) groups excluding carboxylic acids is 1. The number of furan rings is 1. The lowest BCUT2D eigenvalue weighted by atomic mass is 10.2. The molecule has 0 aromatic carbocycles. The molecule has 0 saturated heterocycles. The van der Waals surface area contributed by atoms with Crippen molar-refractivity contribution in [3.63, 3.8) is 0 Å². The maximum Gasteiger partial charge on any atom is 0.377 e. The molecule has 0 atom stereocenters. The number of carbonyl (C=O) groups is 1. The summed E-state index contributed by atoms with van der Waals surface area (Å²) in [5.74, 6) is -0.568. The smallest absolute Gasteiger partial charge is 0.377 e. The fourth-order valence-electron chi connectivity index (χ4n) is 1.43. The minimum atomic E-state index is -0.587. The van der Waals surface area contributed by atoms with Crippen molar-refractivity contribution in [2.45, 2.75) is 26.4 Å². The maximum absolute atomic E-state index is 11.8. The van der Waals surface area contributed by atoms with Gasteiger partial charge in [-0.1, -0.05) is 0 Å². The molecule has 90 valence electrons. The molecule has 0 aliphatic heterocycles. The van der Waals surface area contributed by atoms with Gasteiger partial charge in [0.05, 0.1) is 11.1 Å². The second-order valence-corrected chi connectivity index (χ2v) is 4.70. The van der Waals surface area contributed by atoms with Crippen molar-refractivity contribution in [2.24, 2.45) is 0 Å². The monoisotopic (exact) mass is 234 g/mol. The molecule has 0 radical (unpaired) electrons. The first kappa shape index (κ1) is 11.4. The Kier molecular flexibility index (Phi) is 2.53. The molecule has 0 bridgehead atoms. The highest BCUT2D eigenvalue weighted by molar-refractivity contribution is 6.02. The van der Waals surface area contributed by atoms with Crippen LogP contribution in [0, 0.1) is 0 Å². The van der Waals surface area contributed by atoms with Gasteiger partial charge in [0.1, 0.15) is 5.60 Å². The fraction of sp³-hybridized carbons (Fsp3) is 0.333. The Balaban J connectivity index is 2.43. The van der Waals surface area contributed by atoms with Crippen LogP contribution in [0.5, 0.6) is 0 Å². The summed E-state index contributed by atoms with van der Waals surface area (Å²) in [6, 6.07) is 3.47. The molecule has 17 heavy (non-hydrogen) atoms. The van der Waals surface area contributed by atoms with Crippen molar-refractivity contribution in [1.82, 2.24) is 4.98 Å². The normalized spacial score (nSPS) is 11.7. The van der Waals surface area contributed by atoms with Gasteiger partial charge in [0.15, 0.2) is 0 Å². The highest BCUT2D eigenvalue weighted by atomic mass is 16.6. The maximum atomic E-state index is 11.8. The van der Waals surface area contributed by atoms with Crippen LogP contribution in [-0.4, -0.2) is 16.6 Å². The van der Waals surface area contributed by atoms with Crippen molar-refractivity contribution >= 4 is 22.8 Å². The summed E-state index contributed by atoms with van der Waals surface area (Å²) in [5.41, 5.74) is 5.84. The van der Waals surface area contributed by atoms with Crippen LogP contribution in [0.2, 0.25) is 0 Å². The molecule has 2 aromatic heterocycles. The minimum Gasteiger partial charge on any atom is -0.454 e. The zero-order valence-electron chi connectivity index (χ0n) is 9.98. The van der Waals surface area contributed by atoms with Crippen LogP contribution in [-0.2, 0) is 4.74 Å². The number of nitrogen functional groups attached to an aromatic ring is 1. The van der Waals surface area contributed by atoms with E-state index >= 15 is 0 Å². The molecule has 0 aliphatic rings. The van der Waals surface area contributed by atoms with Crippen LogP contribution in [0.4, 0.5) is 5.69 Å². The van der Waals surface area contributed by atoms with Crippen molar-refractivity contribution in [2.75, 3.05) is 5.73 Å². The topological polar surface area (TPSA) is 78.3 Å². The van der Waals surface area contributed by atoms with Gasteiger partial charge >= 0.3 is 5.97 Å². The van der Waals surface area contributed by atoms with E-state index in [9.17, 15) is 4.79 Å². The van der Waals surface area contributed by atoms with E-state index in [-0.39, 0.29) is 11.4 Å². The summed E-state index contributed by atoms with van der Waals surface area (Å²) < 4.78 is 10.5. The summed E-state index contributed by atoms with van der Waals surface area (Å²) in [5, 5.41) is 0.619. The molecule has 2 rings (SSSR count). The average molecular weight is 234 g/mol. The van der Waals surface area contributed by atoms with Crippen LogP contribution in [0.3, 0.4) is 0 Å². The molecule has 5 nitrogen and oxygen atoms in total. The molecule has 0 spiro atoms. The lowest BCUT2D eigenvalue weighted by Crippen LogP contribution is -2.24. The predicted octanol–water partition coefficient (Wildman–Crippen LogP) is 2.37. The summed E-state index contributed by atoms with van der Waals surface area (Å²) in [6.45, 7) is 5.34. The van der Waals surface area contributed by atoms with Crippen molar-refractivity contribution in [3.8, 4) is 0 Å². The molecular formula is C12H14N2O3. The number of nitrogens with two attached hydrogens (primary N) is 1. The number of aromatic nitrogens is 1. The van der Waals surface area contributed by atoms with Gasteiger partial charge in [-0.3, -0.25) is 0 Å². The Bertz CT molecular complexity index is 567. The lowest BCUT2D eigenvalue weighted by molar-refractivity contribution is 0.00395. The Morgan fingerprint density at radius 3 is 2.76 bits per heavy atom. The van der Waals surface area contributed by atoms with Crippen molar-refractivity contribution < 1.29 is 13.9 Å². The summed E-state index contributed by atoms with van der Waals surface area (Å²) in [4.78, 5) is 15.8. The van der Waals surface area contributed by atoms with Crippen molar-refractivity contribution in [1.29, 1.82) is 0 Å². The van der Waals surface area contributed by atoms with E-state index in [0.29, 0.717) is 11.1 Å². The molecular weight excluding hydrogens is 220 g/mol. The van der Waals surface area contributed by atoms with E-state index in [1.807, 2.05) is 0 Å². The van der Waals surface area contributed by atoms with Gasteiger partial charge in [0.25, 0.3) is 0 Å². The number of anilines is 1. The predicted molar refractivity (Wildman–Crippen MR) is 63.6 cm³/mol. The zero-order valence-corrected chi connectivity index (χ0v) is 9.98. The van der Waals surface area contributed by atoms with Crippen LogP contribution in [0.25, 0.3) is 11.1 Å². The van der Waals surface area contributed by atoms with E-state index in [1.165, 1.54) is 0 Å². The average Bonchev–Trinajstić information content (AvgIpc) is 2.55. The second kappa shape index (κ2) is 3.76. The molecule has 0 unspecified atom stereocenters. The number of pyridine rings is 1.